The van der Waals surface area contributed by atoms with E-state index in [2.05, 4.69) is 11.6 Å². The van der Waals surface area contributed by atoms with E-state index in [1.54, 1.807) is 0 Å². The first-order valence-electron chi connectivity index (χ1n) is 5.02. The molecular weight excluding hydrogens is 208 g/mol. The van der Waals surface area contributed by atoms with Gasteiger partial charge in [0.15, 0.2) is 0 Å². The molecule has 0 fully saturated rings. The van der Waals surface area contributed by atoms with Crippen LogP contribution in [0.1, 0.15) is 6.92 Å². The fourth-order valence-corrected chi connectivity index (χ4v) is 1.58. The molecule has 0 amide bonds. The Bertz CT molecular complexity index is 305. The van der Waals surface area contributed by atoms with Gasteiger partial charge in [-0.1, -0.05) is 0 Å². The molecule has 0 radical (unpaired) electrons. The Morgan fingerprint density at radius 3 is 2.87 bits per heavy atom. The Morgan fingerprint density at radius 2 is 2.20 bits per heavy atom. The largest absolute Gasteiger partial charge is 0.494 e. The zero-order chi connectivity index (χ0) is 11.1. The van der Waals surface area contributed by atoms with E-state index < -0.39 is 0 Å². The number of ether oxygens (including phenoxy) is 1. The SMILES string of the molecule is CCOc1cc(N)cc(NCCSC)c1. The fourth-order valence-electron chi connectivity index (χ4n) is 1.27. The molecule has 0 saturated heterocycles. The molecule has 1 rings (SSSR count). The van der Waals surface area contributed by atoms with Gasteiger partial charge < -0.3 is 15.8 Å². The number of anilines is 2. The van der Waals surface area contributed by atoms with Gasteiger partial charge >= 0.3 is 0 Å². The summed E-state index contributed by atoms with van der Waals surface area (Å²) in [6.07, 6.45) is 2.09. The van der Waals surface area contributed by atoms with E-state index in [1.807, 2.05) is 36.9 Å². The van der Waals surface area contributed by atoms with Gasteiger partial charge in [-0.05, 0) is 19.2 Å². The molecule has 1 aromatic carbocycles. The lowest BCUT2D eigenvalue weighted by atomic mass is 10.2. The van der Waals surface area contributed by atoms with Crippen molar-refractivity contribution >= 4 is 23.1 Å². The van der Waals surface area contributed by atoms with Crippen molar-refractivity contribution < 1.29 is 4.74 Å². The lowest BCUT2D eigenvalue weighted by molar-refractivity contribution is 0.340. The summed E-state index contributed by atoms with van der Waals surface area (Å²) in [4.78, 5) is 0. The molecule has 1 aromatic rings. The average molecular weight is 226 g/mol. The molecule has 0 aliphatic carbocycles. The van der Waals surface area contributed by atoms with Crippen molar-refractivity contribution in [3.8, 4) is 5.75 Å². The topological polar surface area (TPSA) is 47.3 Å². The fraction of sp³-hybridized carbons (Fsp3) is 0.455. The number of hydrogen-bond acceptors (Lipinski definition) is 4. The van der Waals surface area contributed by atoms with Crippen molar-refractivity contribution in [2.24, 2.45) is 0 Å². The first kappa shape index (κ1) is 12.0. The van der Waals surface area contributed by atoms with Gasteiger partial charge in [0.1, 0.15) is 5.75 Å². The summed E-state index contributed by atoms with van der Waals surface area (Å²) in [6, 6.07) is 5.73. The normalized spacial score (nSPS) is 10.0. The molecule has 0 aliphatic heterocycles. The molecule has 0 spiro atoms. The highest BCUT2D eigenvalue weighted by Gasteiger charge is 1.98. The van der Waals surface area contributed by atoms with Crippen LogP contribution >= 0.6 is 11.8 Å². The lowest BCUT2D eigenvalue weighted by Gasteiger charge is -2.09. The van der Waals surface area contributed by atoms with E-state index in [0.717, 1.165) is 29.4 Å². The first-order chi connectivity index (χ1) is 7.26. The maximum Gasteiger partial charge on any atom is 0.123 e. The maximum atomic E-state index is 5.77. The number of rotatable bonds is 6. The van der Waals surface area contributed by atoms with Crippen molar-refractivity contribution in [3.05, 3.63) is 18.2 Å². The monoisotopic (exact) mass is 226 g/mol. The highest BCUT2D eigenvalue weighted by molar-refractivity contribution is 7.98. The third-order valence-corrected chi connectivity index (χ3v) is 2.49. The van der Waals surface area contributed by atoms with Gasteiger partial charge in [0.2, 0.25) is 0 Å². The van der Waals surface area contributed by atoms with Crippen LogP contribution in [0.15, 0.2) is 18.2 Å². The Kier molecular flexibility index (Phi) is 5.18. The predicted molar refractivity (Wildman–Crippen MR) is 68.9 cm³/mol. The molecule has 0 aromatic heterocycles. The van der Waals surface area contributed by atoms with Crippen LogP contribution in [0.4, 0.5) is 11.4 Å². The van der Waals surface area contributed by atoms with Crippen LogP contribution < -0.4 is 15.8 Å². The second-order valence-corrected chi connectivity index (χ2v) is 4.13. The van der Waals surface area contributed by atoms with Gasteiger partial charge in [-0.3, -0.25) is 0 Å². The number of nitrogens with two attached hydrogens (primary N) is 1. The van der Waals surface area contributed by atoms with E-state index in [1.165, 1.54) is 0 Å². The zero-order valence-corrected chi connectivity index (χ0v) is 10.1. The van der Waals surface area contributed by atoms with Crippen LogP contribution in [0.2, 0.25) is 0 Å². The van der Waals surface area contributed by atoms with Gasteiger partial charge in [-0.25, -0.2) is 0 Å². The second-order valence-electron chi connectivity index (χ2n) is 3.14. The Hall–Kier alpha value is -1.03. The molecule has 15 heavy (non-hydrogen) atoms. The highest BCUT2D eigenvalue weighted by atomic mass is 32.2. The van der Waals surface area contributed by atoms with Crippen molar-refractivity contribution in [1.29, 1.82) is 0 Å². The molecule has 0 heterocycles. The minimum absolute atomic E-state index is 0.660. The number of nitrogen functional groups attached to an aromatic ring is 1. The highest BCUT2D eigenvalue weighted by Crippen LogP contribution is 2.22. The van der Waals surface area contributed by atoms with E-state index in [0.29, 0.717) is 6.61 Å². The van der Waals surface area contributed by atoms with E-state index in [4.69, 9.17) is 10.5 Å². The number of nitrogens with one attached hydrogen (secondary N) is 1. The van der Waals surface area contributed by atoms with Gasteiger partial charge in [-0.15, -0.1) is 0 Å². The van der Waals surface area contributed by atoms with Gasteiger partial charge in [0.05, 0.1) is 6.61 Å². The smallest absolute Gasteiger partial charge is 0.123 e. The van der Waals surface area contributed by atoms with Gasteiger partial charge in [0, 0.05) is 35.8 Å². The molecule has 0 atom stereocenters. The Labute approximate surface area is 95.4 Å². The van der Waals surface area contributed by atoms with E-state index in [9.17, 15) is 0 Å². The second kappa shape index (κ2) is 6.45. The van der Waals surface area contributed by atoms with Crippen LogP contribution in [-0.4, -0.2) is 25.2 Å². The molecule has 0 unspecified atom stereocenters. The minimum Gasteiger partial charge on any atom is -0.494 e. The maximum absolute atomic E-state index is 5.77. The number of benzene rings is 1. The molecule has 0 aliphatic rings. The molecule has 0 bridgehead atoms. The summed E-state index contributed by atoms with van der Waals surface area (Å²) in [5.41, 5.74) is 7.52. The van der Waals surface area contributed by atoms with Crippen molar-refractivity contribution in [3.63, 3.8) is 0 Å². The summed E-state index contributed by atoms with van der Waals surface area (Å²) >= 11 is 1.81. The van der Waals surface area contributed by atoms with Crippen LogP contribution in [0.3, 0.4) is 0 Å². The molecular formula is C11H18N2OS. The average Bonchev–Trinajstić information content (AvgIpc) is 2.18. The van der Waals surface area contributed by atoms with Crippen molar-refractivity contribution in [2.75, 3.05) is 36.2 Å². The van der Waals surface area contributed by atoms with E-state index >= 15 is 0 Å². The molecule has 4 heteroatoms. The van der Waals surface area contributed by atoms with Crippen LogP contribution in [0, 0.1) is 0 Å². The van der Waals surface area contributed by atoms with E-state index in [-0.39, 0.29) is 0 Å². The predicted octanol–water partition coefficient (Wildman–Crippen LogP) is 2.44. The summed E-state index contributed by atoms with van der Waals surface area (Å²) in [7, 11) is 0. The molecule has 3 nitrogen and oxygen atoms in total. The van der Waals surface area contributed by atoms with Crippen LogP contribution in [0.25, 0.3) is 0 Å². The standard InChI is InChI=1S/C11H18N2OS/c1-3-14-11-7-9(12)6-10(8-11)13-4-5-15-2/h6-8,13H,3-5,12H2,1-2H3. The third-order valence-electron chi connectivity index (χ3n) is 1.88. The molecule has 0 saturated carbocycles. The Balaban J connectivity index is 2.62. The van der Waals surface area contributed by atoms with Crippen LogP contribution in [0.5, 0.6) is 5.75 Å². The summed E-state index contributed by atoms with van der Waals surface area (Å²) in [6.45, 7) is 3.56. The van der Waals surface area contributed by atoms with Crippen molar-refractivity contribution in [1.82, 2.24) is 0 Å². The summed E-state index contributed by atoms with van der Waals surface area (Å²) < 4.78 is 5.41. The first-order valence-corrected chi connectivity index (χ1v) is 6.41. The zero-order valence-electron chi connectivity index (χ0n) is 9.25. The minimum atomic E-state index is 0.660. The summed E-state index contributed by atoms with van der Waals surface area (Å²) in [5.74, 6) is 1.91. The van der Waals surface area contributed by atoms with Crippen LogP contribution in [-0.2, 0) is 0 Å². The lowest BCUT2D eigenvalue weighted by Crippen LogP contribution is -2.04. The number of thioether (sulfide) groups is 1. The van der Waals surface area contributed by atoms with Gasteiger partial charge in [0.25, 0.3) is 0 Å². The number of hydrogen-bond donors (Lipinski definition) is 2. The quantitative estimate of drug-likeness (QED) is 0.578. The molecule has 3 N–H and O–H groups in total. The van der Waals surface area contributed by atoms with Crippen molar-refractivity contribution in [2.45, 2.75) is 6.92 Å². The molecule has 84 valence electrons. The third kappa shape index (κ3) is 4.34. The summed E-state index contributed by atoms with van der Waals surface area (Å²) in [5, 5.41) is 3.30. The van der Waals surface area contributed by atoms with Gasteiger partial charge in [-0.2, -0.15) is 11.8 Å². The Morgan fingerprint density at radius 1 is 1.40 bits per heavy atom.